The molecule has 4 atom stereocenters. The largest absolute Gasteiger partial charge is 0.497 e. The number of rotatable bonds is 28. The maximum atomic E-state index is 12.9. The SMILES string of the molecule is CC(=O)Nc1ccc(S(=O)(=O)N2CCN(C(=O)CCNCC(=O)N3CCC[C@H]3C#N)CC2)cc1.COc1cc(OC)cc(C(=O)N2CCN(C(=O)CCNCC(=O)N3CCC[C@H]3C#N)CC2)c1.N#C[C@@H]1CCCN1C(=O)CNCCC(=O)NC1Cc2ccccc2C1.N#Cc1ccc(N2CCN(C(=O)CCNCC(=O)N3CCC[C@H]3C#N)CC2)nc1. The number of carbonyl (C=O) groups is 10. The van der Waals surface area contributed by atoms with Crippen molar-refractivity contribution >= 4 is 80.6 Å². The summed E-state index contributed by atoms with van der Waals surface area (Å²) in [4.78, 5) is 142. The van der Waals surface area contributed by atoms with Crippen LogP contribution in [0.2, 0.25) is 0 Å². The van der Waals surface area contributed by atoms with Crippen molar-refractivity contribution in [2.24, 2.45) is 0 Å². The molecule has 121 heavy (non-hydrogen) atoms. The lowest BCUT2D eigenvalue weighted by Crippen LogP contribution is -2.51. The quantitative estimate of drug-likeness (QED) is 0.0437. The average Bonchev–Trinajstić information content (AvgIpc) is 1.69. The zero-order valence-corrected chi connectivity index (χ0v) is 69.9. The smallest absolute Gasteiger partial charge is 0.254 e. The van der Waals surface area contributed by atoms with Gasteiger partial charge in [0, 0.05) is 193 Å². The lowest BCUT2D eigenvalue weighted by atomic mass is 10.1. The van der Waals surface area contributed by atoms with E-state index in [1.807, 2.05) is 23.1 Å². The molecule has 1 aromatic heterocycles. The Kier molecular flexibility index (Phi) is 36.3. The number of anilines is 2. The van der Waals surface area contributed by atoms with E-state index in [1.54, 1.807) is 64.8 Å². The lowest BCUT2D eigenvalue weighted by Gasteiger charge is -2.35. The molecule has 0 saturated carbocycles. The van der Waals surface area contributed by atoms with Crippen molar-refractivity contribution in [1.29, 1.82) is 26.3 Å². The van der Waals surface area contributed by atoms with Crippen LogP contribution in [-0.4, -0.2) is 317 Å². The van der Waals surface area contributed by atoms with Crippen molar-refractivity contribution in [3.63, 3.8) is 0 Å². The third-order valence-electron chi connectivity index (χ3n) is 22.2. The molecule has 6 N–H and O–H groups in total. The number of benzene rings is 3. The minimum absolute atomic E-state index is 0.00817. The number of nitrogens with one attached hydrogen (secondary N) is 6. The van der Waals surface area contributed by atoms with Crippen LogP contribution in [-0.2, 0) is 66.0 Å². The molecule has 0 spiro atoms. The number of hydrogen-bond acceptors (Lipinski definition) is 25. The van der Waals surface area contributed by atoms with Crippen LogP contribution in [0.15, 0.2) is 90.0 Å². The summed E-state index contributed by atoms with van der Waals surface area (Å²) in [6.45, 7) is 11.4. The van der Waals surface area contributed by atoms with Crippen LogP contribution >= 0.6 is 0 Å². The highest BCUT2D eigenvalue weighted by Crippen LogP contribution is 2.27. The highest BCUT2D eigenvalue weighted by atomic mass is 32.2. The van der Waals surface area contributed by atoms with Crippen molar-refractivity contribution < 1.29 is 65.8 Å². The molecular weight excluding hydrogens is 1570 g/mol. The number of amides is 10. The van der Waals surface area contributed by atoms with Gasteiger partial charge in [0.2, 0.25) is 63.2 Å². The zero-order chi connectivity index (χ0) is 86.8. The van der Waals surface area contributed by atoms with Crippen LogP contribution in [0, 0.1) is 56.7 Å². The van der Waals surface area contributed by atoms with Crippen molar-refractivity contribution in [2.45, 2.75) is 132 Å². The molecule has 12 rings (SSSR count). The van der Waals surface area contributed by atoms with Crippen molar-refractivity contribution in [2.75, 3.05) is 182 Å². The molecule has 8 heterocycles. The van der Waals surface area contributed by atoms with Crippen LogP contribution in [0.25, 0.3) is 0 Å². The Morgan fingerprint density at radius 3 is 1.22 bits per heavy atom. The fraction of sp³-hybridized carbons (Fsp3) is 0.548. The van der Waals surface area contributed by atoms with E-state index in [1.165, 1.54) is 60.8 Å². The molecule has 7 saturated heterocycles. The van der Waals surface area contributed by atoms with Gasteiger partial charge in [-0.15, -0.1) is 0 Å². The first-order valence-corrected chi connectivity index (χ1v) is 42.7. The molecule has 1 aliphatic carbocycles. The van der Waals surface area contributed by atoms with Crippen LogP contribution < -0.4 is 46.3 Å². The Morgan fingerprint density at radius 2 is 0.851 bits per heavy atom. The topological polar surface area (TPSA) is 460 Å². The van der Waals surface area contributed by atoms with Gasteiger partial charge in [-0.3, -0.25) is 47.9 Å². The number of methoxy groups -OCH3 is 2. The van der Waals surface area contributed by atoms with E-state index in [2.05, 4.69) is 84.3 Å². The minimum atomic E-state index is -3.70. The summed E-state index contributed by atoms with van der Waals surface area (Å²) in [7, 11) is -0.626. The number of fused-ring (bicyclic) bond motifs is 1. The fourth-order valence-corrected chi connectivity index (χ4v) is 17.0. The highest BCUT2D eigenvalue weighted by Gasteiger charge is 2.35. The maximum absolute atomic E-state index is 12.9. The van der Waals surface area contributed by atoms with Crippen LogP contribution in [0.3, 0.4) is 0 Å². The fourth-order valence-electron chi connectivity index (χ4n) is 15.5. The minimum Gasteiger partial charge on any atom is -0.497 e. The summed E-state index contributed by atoms with van der Waals surface area (Å²) in [6.07, 6.45) is 10.8. The Hall–Kier alpha value is -11.9. The number of piperazine rings is 3. The third kappa shape index (κ3) is 27.3. The average molecular weight is 1680 g/mol. The van der Waals surface area contributed by atoms with Gasteiger partial charge in [0.25, 0.3) is 5.91 Å². The van der Waals surface area contributed by atoms with Gasteiger partial charge in [0.1, 0.15) is 47.6 Å². The molecule has 0 radical (unpaired) electrons. The number of nitriles is 5. The molecule has 646 valence electrons. The van der Waals surface area contributed by atoms with Crippen LogP contribution in [0.1, 0.15) is 111 Å². The number of carbonyl (C=O) groups excluding carboxylic acids is 10. The van der Waals surface area contributed by atoms with E-state index >= 15 is 0 Å². The Balaban J connectivity index is 0.000000184. The van der Waals surface area contributed by atoms with E-state index in [-0.39, 0.29) is 146 Å². The van der Waals surface area contributed by atoms with Crippen molar-refractivity contribution in [1.82, 2.24) is 75.1 Å². The number of sulfonamides is 1. The highest BCUT2D eigenvalue weighted by molar-refractivity contribution is 7.89. The van der Waals surface area contributed by atoms with Gasteiger partial charge in [-0.05, 0) is 124 Å². The summed E-state index contributed by atoms with van der Waals surface area (Å²) >= 11 is 0. The van der Waals surface area contributed by atoms with Crippen LogP contribution in [0.4, 0.5) is 11.5 Å². The second-order valence-corrected chi connectivity index (χ2v) is 32.2. The van der Waals surface area contributed by atoms with E-state index < -0.39 is 10.0 Å². The van der Waals surface area contributed by atoms with Gasteiger partial charge in [-0.25, -0.2) is 13.4 Å². The Bertz CT molecular complexity index is 4530. The first-order chi connectivity index (χ1) is 58.5. The third-order valence-corrected chi connectivity index (χ3v) is 24.2. The lowest BCUT2D eigenvalue weighted by molar-refractivity contribution is -0.133. The number of hydrogen-bond donors (Lipinski definition) is 6. The Morgan fingerprint density at radius 1 is 0.463 bits per heavy atom. The first kappa shape index (κ1) is 93.0. The van der Waals surface area contributed by atoms with Crippen molar-refractivity contribution in [3.05, 3.63) is 107 Å². The monoisotopic (exact) mass is 1680 g/mol. The van der Waals surface area contributed by atoms with Gasteiger partial charge < -0.3 is 85.5 Å². The molecular formula is C84H110N22O14S. The van der Waals surface area contributed by atoms with Crippen molar-refractivity contribution in [3.8, 4) is 41.8 Å². The van der Waals surface area contributed by atoms with Gasteiger partial charge in [0.05, 0.1) is 75.1 Å². The van der Waals surface area contributed by atoms with Gasteiger partial charge >= 0.3 is 0 Å². The van der Waals surface area contributed by atoms with E-state index in [0.29, 0.717) is 165 Å². The predicted octanol–water partition coefficient (Wildman–Crippen LogP) is 1.32. The second-order valence-electron chi connectivity index (χ2n) is 30.3. The summed E-state index contributed by atoms with van der Waals surface area (Å²) in [5, 5.41) is 62.8. The van der Waals surface area contributed by atoms with Crippen LogP contribution in [0.5, 0.6) is 11.5 Å². The number of aromatic nitrogens is 1. The number of nitrogens with zero attached hydrogens (tertiary/aromatic N) is 16. The molecule has 0 unspecified atom stereocenters. The van der Waals surface area contributed by atoms with E-state index in [4.69, 9.17) is 35.8 Å². The second kappa shape index (κ2) is 47.2. The number of ether oxygens (including phenoxy) is 2. The van der Waals surface area contributed by atoms with E-state index in [0.717, 1.165) is 63.6 Å². The summed E-state index contributed by atoms with van der Waals surface area (Å²) in [6, 6.07) is 32.4. The molecule has 0 bridgehead atoms. The number of likely N-dealkylation sites (tertiary alicyclic amines) is 4. The standard InChI is InChI=1S/C23H31N5O5.C22H30N6O5S.C20H25N7O2.C19H24N4O2/c1-32-19-12-17(13-20(14-19)33-2)23(31)27-10-8-26(9-11-27)21(29)5-6-25-16-22(30)28-7-3-4-18(28)15-24;1-17(29)25-18-4-6-20(7-5-18)34(32,33)27-13-11-26(12-14-27)21(30)8-9-24-16-22(31)28-10-2-3-19(28)15-23;21-12-16-3-4-18(24-14-16)25-8-10-26(11-9-25)19(28)5-6-23-15-20(29)27-7-1-2-17(27)13-22;20-12-17-6-3-9-23(17)19(25)13-21-8-7-18(24)22-16-10-14-4-1-2-5-15(14)11-16/h12-14,18,25H,3-11,16H2,1-2H3;4-7,19,24H,2-3,8-14,16H2,1H3,(H,25,29);3-4,14,17,23H,1-2,5-11,15H2;1-2,4-5,16-17,21H,3,6-11,13H2,(H,22,24)/t18-;19-;2*17-/m0000/s1. The van der Waals surface area contributed by atoms with E-state index in [9.17, 15) is 56.4 Å². The van der Waals surface area contributed by atoms with Gasteiger partial charge in [-0.2, -0.15) is 30.6 Å². The number of pyridine rings is 1. The normalized spacial score (nSPS) is 18.8. The maximum Gasteiger partial charge on any atom is 0.254 e. The summed E-state index contributed by atoms with van der Waals surface area (Å²) in [5.74, 6) is 1.12. The molecule has 7 fully saturated rings. The predicted molar refractivity (Wildman–Crippen MR) is 443 cm³/mol. The van der Waals surface area contributed by atoms with Gasteiger partial charge in [-0.1, -0.05) is 24.3 Å². The molecule has 4 aromatic rings. The summed E-state index contributed by atoms with van der Waals surface area (Å²) < 4.78 is 37.6. The zero-order valence-electron chi connectivity index (χ0n) is 69.1. The molecule has 3 aromatic carbocycles. The summed E-state index contributed by atoms with van der Waals surface area (Å²) in [5.41, 5.74) is 4.16. The molecule has 10 amide bonds. The molecule has 37 heteroatoms. The first-order valence-electron chi connectivity index (χ1n) is 41.3. The molecule has 7 aliphatic heterocycles. The molecule has 8 aliphatic rings. The Labute approximate surface area is 707 Å². The molecule has 36 nitrogen and oxygen atoms in total. The van der Waals surface area contributed by atoms with Gasteiger partial charge in [0.15, 0.2) is 0 Å².